The molecule has 4 heteroatoms. The molecule has 1 rings (SSSR count). The van der Waals surface area contributed by atoms with Crippen molar-refractivity contribution in [3.8, 4) is 0 Å². The number of hydrogen-bond acceptors (Lipinski definition) is 3. The molecule has 1 N–H and O–H groups in total. The van der Waals surface area contributed by atoms with Crippen molar-refractivity contribution in [3.63, 3.8) is 0 Å². The number of nitrogens with one attached hydrogen (secondary N) is 1. The van der Waals surface area contributed by atoms with Gasteiger partial charge in [0.05, 0.1) is 6.20 Å². The van der Waals surface area contributed by atoms with Crippen molar-refractivity contribution in [1.82, 2.24) is 20.3 Å². The van der Waals surface area contributed by atoms with E-state index in [-0.39, 0.29) is 0 Å². The summed E-state index contributed by atoms with van der Waals surface area (Å²) >= 11 is 0. The third kappa shape index (κ3) is 6.41. The van der Waals surface area contributed by atoms with Crippen LogP contribution in [-0.2, 0) is 6.54 Å². The van der Waals surface area contributed by atoms with E-state index < -0.39 is 0 Å². The summed E-state index contributed by atoms with van der Waals surface area (Å²) in [5.74, 6) is 0.848. The predicted molar refractivity (Wildman–Crippen MR) is 70.8 cm³/mol. The number of nitrogens with zero attached hydrogens (tertiary/aromatic N) is 3. The third-order valence-electron chi connectivity index (χ3n) is 3.19. The first-order valence-electron chi connectivity index (χ1n) is 6.91. The van der Waals surface area contributed by atoms with Crippen LogP contribution >= 0.6 is 0 Å². The number of rotatable bonds is 10. The molecule has 0 aliphatic carbocycles. The molecule has 0 fully saturated rings. The van der Waals surface area contributed by atoms with Gasteiger partial charge in [-0.3, -0.25) is 4.68 Å². The van der Waals surface area contributed by atoms with Gasteiger partial charge in [-0.1, -0.05) is 38.3 Å². The fourth-order valence-electron chi connectivity index (χ4n) is 1.97. The Morgan fingerprint density at radius 3 is 2.82 bits per heavy atom. The minimum Gasteiger partial charge on any atom is -0.316 e. The highest BCUT2D eigenvalue weighted by atomic mass is 15.4. The summed E-state index contributed by atoms with van der Waals surface area (Å²) in [4.78, 5) is 0. The molecule has 1 atom stereocenters. The molecular formula is C13H26N4. The van der Waals surface area contributed by atoms with Crippen LogP contribution in [0.15, 0.2) is 12.4 Å². The first-order chi connectivity index (χ1) is 8.36. The van der Waals surface area contributed by atoms with Gasteiger partial charge < -0.3 is 5.32 Å². The molecule has 0 radical (unpaired) electrons. The van der Waals surface area contributed by atoms with Crippen LogP contribution in [0.1, 0.15) is 46.0 Å². The lowest BCUT2D eigenvalue weighted by Gasteiger charge is -2.15. The summed E-state index contributed by atoms with van der Waals surface area (Å²) < 4.78 is 1.88. The fraction of sp³-hybridized carbons (Fsp3) is 0.846. The van der Waals surface area contributed by atoms with Crippen LogP contribution in [0.25, 0.3) is 0 Å². The lowest BCUT2D eigenvalue weighted by molar-refractivity contribution is 0.412. The molecule has 0 bridgehead atoms. The van der Waals surface area contributed by atoms with Crippen molar-refractivity contribution in [2.24, 2.45) is 5.92 Å². The summed E-state index contributed by atoms with van der Waals surface area (Å²) in [6.45, 7) is 7.74. The van der Waals surface area contributed by atoms with Gasteiger partial charge in [-0.25, -0.2) is 0 Å². The lowest BCUT2D eigenvalue weighted by Crippen LogP contribution is -2.24. The Kier molecular flexibility index (Phi) is 7.63. The molecule has 0 saturated heterocycles. The Labute approximate surface area is 105 Å². The molecule has 17 heavy (non-hydrogen) atoms. The van der Waals surface area contributed by atoms with Crippen LogP contribution in [0.5, 0.6) is 0 Å². The molecule has 0 spiro atoms. The van der Waals surface area contributed by atoms with E-state index in [1.807, 2.05) is 10.9 Å². The molecule has 0 amide bonds. The largest absolute Gasteiger partial charge is 0.316 e. The van der Waals surface area contributed by atoms with Crippen molar-refractivity contribution in [1.29, 1.82) is 0 Å². The Bertz CT molecular complexity index is 258. The van der Waals surface area contributed by atoms with Crippen LogP contribution in [0.2, 0.25) is 0 Å². The molecular weight excluding hydrogens is 212 g/mol. The van der Waals surface area contributed by atoms with E-state index in [1.165, 1.54) is 25.7 Å². The molecule has 1 aromatic rings. The first-order valence-corrected chi connectivity index (χ1v) is 6.91. The SMILES string of the molecule is CCCCC(CC)CNCCCn1ccnn1. The van der Waals surface area contributed by atoms with Crippen LogP contribution in [0, 0.1) is 5.92 Å². The van der Waals surface area contributed by atoms with Crippen molar-refractivity contribution < 1.29 is 0 Å². The van der Waals surface area contributed by atoms with Crippen molar-refractivity contribution >= 4 is 0 Å². The van der Waals surface area contributed by atoms with Crippen molar-refractivity contribution in [3.05, 3.63) is 12.4 Å². The van der Waals surface area contributed by atoms with Crippen LogP contribution in [-0.4, -0.2) is 28.1 Å². The van der Waals surface area contributed by atoms with Gasteiger partial charge in [-0.2, -0.15) is 0 Å². The van der Waals surface area contributed by atoms with E-state index in [0.29, 0.717) is 0 Å². The van der Waals surface area contributed by atoms with Gasteiger partial charge in [0.2, 0.25) is 0 Å². The molecule has 1 heterocycles. The quantitative estimate of drug-likeness (QED) is 0.637. The van der Waals surface area contributed by atoms with Crippen LogP contribution in [0.3, 0.4) is 0 Å². The van der Waals surface area contributed by atoms with Gasteiger partial charge in [0.25, 0.3) is 0 Å². The van der Waals surface area contributed by atoms with Gasteiger partial charge in [-0.05, 0) is 31.8 Å². The summed E-state index contributed by atoms with van der Waals surface area (Å²) in [5.41, 5.74) is 0. The van der Waals surface area contributed by atoms with Gasteiger partial charge in [0.1, 0.15) is 0 Å². The van der Waals surface area contributed by atoms with E-state index >= 15 is 0 Å². The second-order valence-electron chi connectivity index (χ2n) is 4.64. The summed E-state index contributed by atoms with van der Waals surface area (Å²) in [6.07, 6.45) is 10.1. The second kappa shape index (κ2) is 9.16. The van der Waals surface area contributed by atoms with E-state index in [4.69, 9.17) is 0 Å². The summed E-state index contributed by atoms with van der Waals surface area (Å²) in [5, 5.41) is 11.3. The topological polar surface area (TPSA) is 42.7 Å². The number of aromatic nitrogens is 3. The number of hydrogen-bond donors (Lipinski definition) is 1. The highest BCUT2D eigenvalue weighted by Crippen LogP contribution is 2.10. The molecule has 0 aliphatic heterocycles. The Morgan fingerprint density at radius 2 is 2.18 bits per heavy atom. The second-order valence-corrected chi connectivity index (χ2v) is 4.64. The maximum atomic E-state index is 3.94. The normalized spacial score (nSPS) is 12.8. The molecule has 4 nitrogen and oxygen atoms in total. The molecule has 0 aliphatic rings. The fourth-order valence-corrected chi connectivity index (χ4v) is 1.97. The maximum absolute atomic E-state index is 3.94. The van der Waals surface area contributed by atoms with Gasteiger partial charge in [-0.15, -0.1) is 5.10 Å². The third-order valence-corrected chi connectivity index (χ3v) is 3.19. The van der Waals surface area contributed by atoms with Crippen LogP contribution < -0.4 is 5.32 Å². The zero-order valence-corrected chi connectivity index (χ0v) is 11.2. The predicted octanol–water partition coefficient (Wildman–Crippen LogP) is 2.47. The van der Waals surface area contributed by atoms with Crippen molar-refractivity contribution in [2.45, 2.75) is 52.5 Å². The summed E-state index contributed by atoms with van der Waals surface area (Å²) in [6, 6.07) is 0. The molecule has 0 aromatic carbocycles. The first kappa shape index (κ1) is 14.2. The minimum atomic E-state index is 0.848. The molecule has 98 valence electrons. The number of unbranched alkanes of at least 4 members (excludes halogenated alkanes) is 1. The Morgan fingerprint density at radius 1 is 1.29 bits per heavy atom. The zero-order chi connectivity index (χ0) is 12.3. The zero-order valence-electron chi connectivity index (χ0n) is 11.2. The average molecular weight is 238 g/mol. The highest BCUT2D eigenvalue weighted by molar-refractivity contribution is 4.65. The van der Waals surface area contributed by atoms with E-state index in [0.717, 1.165) is 32.0 Å². The average Bonchev–Trinajstić information content (AvgIpc) is 2.85. The van der Waals surface area contributed by atoms with E-state index in [1.54, 1.807) is 6.20 Å². The minimum absolute atomic E-state index is 0.848. The Balaban J connectivity index is 1.98. The van der Waals surface area contributed by atoms with Gasteiger partial charge in [0.15, 0.2) is 0 Å². The lowest BCUT2D eigenvalue weighted by atomic mass is 9.99. The monoisotopic (exact) mass is 238 g/mol. The van der Waals surface area contributed by atoms with Crippen molar-refractivity contribution in [2.75, 3.05) is 13.1 Å². The summed E-state index contributed by atoms with van der Waals surface area (Å²) in [7, 11) is 0. The van der Waals surface area contributed by atoms with Gasteiger partial charge in [0, 0.05) is 12.7 Å². The Hall–Kier alpha value is -0.900. The smallest absolute Gasteiger partial charge is 0.0692 e. The molecule has 0 saturated carbocycles. The molecule has 1 unspecified atom stereocenters. The number of aryl methyl sites for hydroxylation is 1. The van der Waals surface area contributed by atoms with E-state index in [9.17, 15) is 0 Å². The van der Waals surface area contributed by atoms with E-state index in [2.05, 4.69) is 29.5 Å². The van der Waals surface area contributed by atoms with Gasteiger partial charge >= 0.3 is 0 Å². The maximum Gasteiger partial charge on any atom is 0.0692 e. The molecule has 1 aromatic heterocycles. The van der Waals surface area contributed by atoms with Crippen LogP contribution in [0.4, 0.5) is 0 Å². The standard InChI is InChI=1S/C13H26N4/c1-3-5-7-13(4-2)12-14-8-6-10-17-11-9-15-16-17/h9,11,13-14H,3-8,10,12H2,1-2H3. The highest BCUT2D eigenvalue weighted by Gasteiger charge is 2.04.